The summed E-state index contributed by atoms with van der Waals surface area (Å²) in [4.78, 5) is 7.49. The van der Waals surface area contributed by atoms with Gasteiger partial charge < -0.3 is 14.3 Å². The maximum absolute atomic E-state index is 14.2. The quantitative estimate of drug-likeness (QED) is 0.419. The van der Waals surface area contributed by atoms with Crippen LogP contribution in [0.3, 0.4) is 0 Å². The van der Waals surface area contributed by atoms with Crippen molar-refractivity contribution in [2.75, 3.05) is 20.2 Å². The van der Waals surface area contributed by atoms with E-state index in [2.05, 4.69) is 35.4 Å². The van der Waals surface area contributed by atoms with Gasteiger partial charge >= 0.3 is 10.3 Å². The Bertz CT molecular complexity index is 1190. The van der Waals surface area contributed by atoms with Crippen molar-refractivity contribution in [2.24, 2.45) is 21.6 Å². The van der Waals surface area contributed by atoms with E-state index in [0.717, 1.165) is 37.4 Å². The Morgan fingerprint density at radius 1 is 1.11 bits per heavy atom. The summed E-state index contributed by atoms with van der Waals surface area (Å²) in [6.07, 6.45) is 8.32. The molecule has 0 spiro atoms. The minimum absolute atomic E-state index is 0.115. The molecule has 0 unspecified atom stereocenters. The molecule has 2 heterocycles. The number of piperidine rings is 1. The lowest BCUT2D eigenvalue weighted by Crippen LogP contribution is -2.44. The second-order valence-corrected chi connectivity index (χ2v) is 12.4. The summed E-state index contributed by atoms with van der Waals surface area (Å²) in [7, 11) is -2.74. The Morgan fingerprint density at radius 3 is 2.36 bits per heavy atom. The molecule has 0 radical (unpaired) electrons. The van der Waals surface area contributed by atoms with Crippen LogP contribution in [0, 0.1) is 17.2 Å². The third kappa shape index (κ3) is 6.10. The van der Waals surface area contributed by atoms with Gasteiger partial charge in [0.2, 0.25) is 0 Å². The number of rotatable bonds is 7. The Labute approximate surface area is 213 Å². The molecule has 2 aliphatic rings. The largest absolute Gasteiger partial charge is 0.399 e. The number of benzene rings is 1. The van der Waals surface area contributed by atoms with E-state index in [4.69, 9.17) is 14.2 Å². The molecule has 1 aliphatic heterocycles. The molecule has 1 saturated heterocycles. The molecular formula is C26H39FN4O4S. The number of nitrogens with two attached hydrogens (primary N) is 1. The third-order valence-electron chi connectivity index (χ3n) is 8.06. The summed E-state index contributed by atoms with van der Waals surface area (Å²) in [5.41, 5.74) is 2.34. The van der Waals surface area contributed by atoms with Crippen molar-refractivity contribution in [1.29, 1.82) is 0 Å². The van der Waals surface area contributed by atoms with Crippen LogP contribution in [0.1, 0.15) is 76.6 Å². The first kappa shape index (κ1) is 27.0. The lowest BCUT2D eigenvalue weighted by molar-refractivity contribution is 0.0716. The van der Waals surface area contributed by atoms with E-state index in [0.29, 0.717) is 28.1 Å². The maximum atomic E-state index is 14.2. The van der Waals surface area contributed by atoms with Gasteiger partial charge in [0.25, 0.3) is 0 Å². The molecule has 1 aromatic carbocycles. The number of nitrogens with zero attached hydrogens (tertiary/aromatic N) is 3. The SMILES string of the molecule is CO/N=C/c1c(COS(N)(=O)=O)n(C2CCN([C@H]3CC[C@@H](C(C)(C)C)CC3)CC2)c2ccc(F)cc12. The summed E-state index contributed by atoms with van der Waals surface area (Å²) < 4.78 is 44.5. The fourth-order valence-electron chi connectivity index (χ4n) is 6.13. The molecule has 4 rings (SSSR count). The van der Waals surface area contributed by atoms with Crippen molar-refractivity contribution in [3.63, 3.8) is 0 Å². The summed E-state index contributed by atoms with van der Waals surface area (Å²) in [6.45, 7) is 8.71. The maximum Gasteiger partial charge on any atom is 0.333 e. The highest BCUT2D eigenvalue weighted by molar-refractivity contribution is 7.84. The molecule has 8 nitrogen and oxygen atoms in total. The third-order valence-corrected chi connectivity index (χ3v) is 8.51. The van der Waals surface area contributed by atoms with Crippen molar-refractivity contribution in [3.05, 3.63) is 35.3 Å². The van der Waals surface area contributed by atoms with Crippen LogP contribution in [-0.2, 0) is 25.9 Å². The van der Waals surface area contributed by atoms with E-state index in [9.17, 15) is 12.8 Å². The van der Waals surface area contributed by atoms with E-state index in [1.807, 2.05) is 0 Å². The summed E-state index contributed by atoms with van der Waals surface area (Å²) >= 11 is 0. The highest BCUT2D eigenvalue weighted by Crippen LogP contribution is 2.41. The Balaban J connectivity index is 1.58. The Hall–Kier alpha value is -2.01. The summed E-state index contributed by atoms with van der Waals surface area (Å²) in [5, 5.41) is 9.64. The van der Waals surface area contributed by atoms with E-state index in [1.165, 1.54) is 51.1 Å². The van der Waals surface area contributed by atoms with Crippen molar-refractivity contribution in [1.82, 2.24) is 9.47 Å². The average molecular weight is 523 g/mol. The number of oxime groups is 1. The zero-order valence-corrected chi connectivity index (χ0v) is 22.6. The smallest absolute Gasteiger partial charge is 0.333 e. The van der Waals surface area contributed by atoms with Gasteiger partial charge in [-0.2, -0.15) is 8.42 Å². The monoisotopic (exact) mass is 522 g/mol. The Kier molecular flexibility index (Phi) is 8.09. The fraction of sp³-hybridized carbons (Fsp3) is 0.654. The molecule has 0 amide bonds. The van der Waals surface area contributed by atoms with Crippen molar-refractivity contribution in [2.45, 2.75) is 78.0 Å². The normalized spacial score (nSPS) is 23.1. The van der Waals surface area contributed by atoms with Crippen LogP contribution in [0.15, 0.2) is 23.4 Å². The standard InChI is InChI=1S/C26H39FN4O4S/c1-26(2,3)18-5-8-20(9-6-18)30-13-11-21(12-14-30)31-24-10-7-19(27)15-22(24)23(16-29-34-4)25(31)17-35-36(28,32)33/h7,10,15-16,18,20-21H,5-6,8-9,11-14,17H2,1-4H3,(H2,28,32,33)/b29-16+/t18-,20+. The van der Waals surface area contributed by atoms with Crippen LogP contribution in [0.5, 0.6) is 0 Å². The molecule has 0 bridgehead atoms. The van der Waals surface area contributed by atoms with Gasteiger partial charge in [-0.3, -0.25) is 4.18 Å². The van der Waals surface area contributed by atoms with Crippen LogP contribution in [0.2, 0.25) is 0 Å². The highest BCUT2D eigenvalue weighted by atomic mass is 32.2. The lowest BCUT2D eigenvalue weighted by atomic mass is 9.71. The number of likely N-dealkylation sites (tertiary alicyclic amines) is 1. The van der Waals surface area contributed by atoms with Crippen LogP contribution >= 0.6 is 0 Å². The zero-order chi connectivity index (χ0) is 26.1. The molecule has 36 heavy (non-hydrogen) atoms. The van der Waals surface area contributed by atoms with Gasteiger partial charge in [-0.1, -0.05) is 25.9 Å². The molecule has 0 atom stereocenters. The first-order valence-electron chi connectivity index (χ1n) is 12.8. The van der Waals surface area contributed by atoms with Crippen LogP contribution in [-0.4, -0.2) is 50.3 Å². The second-order valence-electron chi connectivity index (χ2n) is 11.2. The van der Waals surface area contributed by atoms with Crippen molar-refractivity contribution in [3.8, 4) is 0 Å². The number of halogens is 1. The predicted molar refractivity (Wildman–Crippen MR) is 139 cm³/mol. The van der Waals surface area contributed by atoms with Crippen LogP contribution < -0.4 is 5.14 Å². The molecule has 1 aliphatic carbocycles. The lowest BCUT2D eigenvalue weighted by Gasteiger charge is -2.43. The number of aromatic nitrogens is 1. The summed E-state index contributed by atoms with van der Waals surface area (Å²) in [6, 6.07) is 5.32. The predicted octanol–water partition coefficient (Wildman–Crippen LogP) is 4.72. The van der Waals surface area contributed by atoms with Gasteiger partial charge in [-0.25, -0.2) is 9.53 Å². The second kappa shape index (κ2) is 10.8. The molecule has 2 fully saturated rings. The highest BCUT2D eigenvalue weighted by Gasteiger charge is 2.34. The first-order chi connectivity index (χ1) is 17.0. The van der Waals surface area contributed by atoms with E-state index >= 15 is 0 Å². The molecular weight excluding hydrogens is 483 g/mol. The molecule has 10 heteroatoms. The van der Waals surface area contributed by atoms with Crippen LogP contribution in [0.25, 0.3) is 10.9 Å². The molecule has 2 aromatic rings. The number of fused-ring (bicyclic) bond motifs is 1. The van der Waals surface area contributed by atoms with E-state index in [1.54, 1.807) is 6.07 Å². The van der Waals surface area contributed by atoms with E-state index < -0.39 is 10.3 Å². The van der Waals surface area contributed by atoms with Gasteiger partial charge in [-0.05, 0) is 68.1 Å². The first-order valence-corrected chi connectivity index (χ1v) is 14.2. The topological polar surface area (TPSA) is 99.1 Å². The average Bonchev–Trinajstić information content (AvgIpc) is 3.13. The molecule has 2 N–H and O–H groups in total. The minimum atomic E-state index is -4.16. The Morgan fingerprint density at radius 2 is 1.78 bits per heavy atom. The minimum Gasteiger partial charge on any atom is -0.399 e. The molecule has 200 valence electrons. The van der Waals surface area contributed by atoms with Gasteiger partial charge in [0.15, 0.2) is 0 Å². The number of hydrogen-bond donors (Lipinski definition) is 1. The van der Waals surface area contributed by atoms with Gasteiger partial charge in [0.1, 0.15) is 19.5 Å². The van der Waals surface area contributed by atoms with Crippen molar-refractivity contribution >= 4 is 27.4 Å². The van der Waals surface area contributed by atoms with Gasteiger partial charge in [0, 0.05) is 41.6 Å². The fourth-order valence-corrected chi connectivity index (χ4v) is 6.41. The molecule has 1 saturated carbocycles. The van der Waals surface area contributed by atoms with E-state index in [-0.39, 0.29) is 18.5 Å². The van der Waals surface area contributed by atoms with Crippen LogP contribution in [0.4, 0.5) is 4.39 Å². The summed E-state index contributed by atoms with van der Waals surface area (Å²) in [5.74, 6) is 0.401. The zero-order valence-electron chi connectivity index (χ0n) is 21.7. The van der Waals surface area contributed by atoms with Gasteiger partial charge in [0.05, 0.1) is 11.9 Å². The molecule has 1 aromatic heterocycles. The number of hydrogen-bond acceptors (Lipinski definition) is 6. The van der Waals surface area contributed by atoms with Gasteiger partial charge in [-0.15, -0.1) is 0 Å². The van der Waals surface area contributed by atoms with Crippen molar-refractivity contribution < 1.29 is 21.8 Å².